The summed E-state index contributed by atoms with van der Waals surface area (Å²) in [5, 5.41) is 0. The lowest BCUT2D eigenvalue weighted by molar-refractivity contribution is -0.129. The highest BCUT2D eigenvalue weighted by Gasteiger charge is 2.19. The van der Waals surface area contributed by atoms with Crippen LogP contribution in [0.25, 0.3) is 0 Å². The maximum absolute atomic E-state index is 12.5. The van der Waals surface area contributed by atoms with E-state index in [0.29, 0.717) is 13.2 Å². The van der Waals surface area contributed by atoms with Crippen molar-refractivity contribution < 1.29 is 23.5 Å². The Morgan fingerprint density at radius 3 is 2.68 bits per heavy atom. The van der Waals surface area contributed by atoms with Crippen molar-refractivity contribution in [3.05, 3.63) is 48.2 Å². The first-order valence-corrected chi connectivity index (χ1v) is 8.60. The first-order chi connectivity index (χ1) is 12.1. The van der Waals surface area contributed by atoms with Crippen molar-refractivity contribution in [2.75, 3.05) is 33.1 Å². The van der Waals surface area contributed by atoms with E-state index in [1.807, 2.05) is 30.3 Å². The molecular formula is C17H20N2O5S. The van der Waals surface area contributed by atoms with Gasteiger partial charge in [0.15, 0.2) is 5.69 Å². The van der Waals surface area contributed by atoms with Gasteiger partial charge in [-0.15, -0.1) is 11.8 Å². The van der Waals surface area contributed by atoms with E-state index in [-0.39, 0.29) is 29.8 Å². The third-order valence-corrected chi connectivity index (χ3v) is 4.29. The molecule has 1 heterocycles. The molecule has 0 saturated carbocycles. The minimum absolute atomic E-state index is 0.0660. The Kier molecular flexibility index (Phi) is 7.49. The summed E-state index contributed by atoms with van der Waals surface area (Å²) < 4.78 is 14.9. The molecule has 1 aromatic heterocycles. The van der Waals surface area contributed by atoms with Gasteiger partial charge in [-0.2, -0.15) is 0 Å². The number of carbonyl (C=O) groups is 2. The number of methoxy groups -OCH3 is 2. The largest absolute Gasteiger partial charge is 0.464 e. The Morgan fingerprint density at radius 2 is 2.00 bits per heavy atom. The standard InChI is InChI=1S/C17H20N2O5S/c1-22-9-8-19(10-15-18-14(11-24-15)17(21)23-2)16(20)12-25-13-6-4-3-5-7-13/h3-7,11H,8-10,12H2,1-2H3. The molecule has 0 saturated heterocycles. The molecule has 8 heteroatoms. The lowest BCUT2D eigenvalue weighted by Crippen LogP contribution is -2.34. The summed E-state index contributed by atoms with van der Waals surface area (Å²) in [4.78, 5) is 30.6. The Morgan fingerprint density at radius 1 is 1.24 bits per heavy atom. The van der Waals surface area contributed by atoms with Crippen LogP contribution in [0.2, 0.25) is 0 Å². The summed E-state index contributed by atoms with van der Waals surface area (Å²) in [6, 6.07) is 9.69. The van der Waals surface area contributed by atoms with E-state index >= 15 is 0 Å². The molecule has 1 aromatic carbocycles. The quantitative estimate of drug-likeness (QED) is 0.498. The Hall–Kier alpha value is -2.32. The van der Waals surface area contributed by atoms with E-state index in [4.69, 9.17) is 9.15 Å². The summed E-state index contributed by atoms with van der Waals surface area (Å²) in [6.45, 7) is 0.960. The monoisotopic (exact) mass is 364 g/mol. The van der Waals surface area contributed by atoms with Crippen molar-refractivity contribution in [2.45, 2.75) is 11.4 Å². The summed E-state index contributed by atoms with van der Waals surface area (Å²) in [5.41, 5.74) is 0.0790. The van der Waals surface area contributed by atoms with E-state index in [1.165, 1.54) is 25.1 Å². The van der Waals surface area contributed by atoms with Crippen molar-refractivity contribution in [2.24, 2.45) is 0 Å². The van der Waals surface area contributed by atoms with Crippen LogP contribution in [0.1, 0.15) is 16.4 Å². The molecule has 7 nitrogen and oxygen atoms in total. The highest BCUT2D eigenvalue weighted by Crippen LogP contribution is 2.18. The van der Waals surface area contributed by atoms with Gasteiger partial charge in [-0.3, -0.25) is 4.79 Å². The van der Waals surface area contributed by atoms with Gasteiger partial charge in [-0.25, -0.2) is 9.78 Å². The van der Waals surface area contributed by atoms with Crippen LogP contribution in [-0.4, -0.2) is 54.9 Å². The van der Waals surface area contributed by atoms with Crippen molar-refractivity contribution in [3.8, 4) is 0 Å². The maximum Gasteiger partial charge on any atom is 0.360 e. The number of hydrogen-bond donors (Lipinski definition) is 0. The predicted octanol–water partition coefficient (Wildman–Crippen LogP) is 2.23. The minimum atomic E-state index is -0.579. The number of esters is 1. The van der Waals surface area contributed by atoms with E-state index in [1.54, 1.807) is 12.0 Å². The van der Waals surface area contributed by atoms with Crippen LogP contribution in [0.4, 0.5) is 0 Å². The van der Waals surface area contributed by atoms with Gasteiger partial charge in [-0.1, -0.05) is 18.2 Å². The van der Waals surface area contributed by atoms with Gasteiger partial charge in [0, 0.05) is 18.6 Å². The molecule has 0 bridgehead atoms. The van der Waals surface area contributed by atoms with Crippen molar-refractivity contribution in [1.29, 1.82) is 0 Å². The van der Waals surface area contributed by atoms with Crippen molar-refractivity contribution >= 4 is 23.6 Å². The van der Waals surface area contributed by atoms with Gasteiger partial charge in [0.25, 0.3) is 0 Å². The van der Waals surface area contributed by atoms with Gasteiger partial charge in [0.1, 0.15) is 6.26 Å². The van der Waals surface area contributed by atoms with Gasteiger partial charge in [0.05, 0.1) is 26.0 Å². The zero-order valence-electron chi connectivity index (χ0n) is 14.1. The lowest BCUT2D eigenvalue weighted by Gasteiger charge is -2.20. The van der Waals surface area contributed by atoms with Crippen LogP contribution in [0.15, 0.2) is 45.9 Å². The molecule has 2 aromatic rings. The second-order valence-corrected chi connectivity index (χ2v) is 6.08. The molecule has 0 atom stereocenters. The highest BCUT2D eigenvalue weighted by molar-refractivity contribution is 8.00. The zero-order chi connectivity index (χ0) is 18.1. The smallest absolute Gasteiger partial charge is 0.360 e. The van der Waals surface area contributed by atoms with Crippen LogP contribution in [-0.2, 0) is 20.8 Å². The van der Waals surface area contributed by atoms with Crippen molar-refractivity contribution in [1.82, 2.24) is 9.88 Å². The molecule has 2 rings (SSSR count). The lowest BCUT2D eigenvalue weighted by atomic mass is 10.4. The molecule has 25 heavy (non-hydrogen) atoms. The second-order valence-electron chi connectivity index (χ2n) is 5.03. The van der Waals surface area contributed by atoms with E-state index in [2.05, 4.69) is 9.72 Å². The van der Waals surface area contributed by atoms with Gasteiger partial charge >= 0.3 is 5.97 Å². The molecule has 0 spiro atoms. The SMILES string of the molecule is COCCN(Cc1nc(C(=O)OC)co1)C(=O)CSc1ccccc1. The summed E-state index contributed by atoms with van der Waals surface area (Å²) in [6.07, 6.45) is 1.22. The molecule has 0 aliphatic rings. The fraction of sp³-hybridized carbons (Fsp3) is 0.353. The van der Waals surface area contributed by atoms with E-state index in [0.717, 1.165) is 4.90 Å². The first kappa shape index (κ1) is 19.0. The molecule has 0 fully saturated rings. The number of rotatable bonds is 9. The molecular weight excluding hydrogens is 344 g/mol. The molecule has 0 aliphatic heterocycles. The van der Waals surface area contributed by atoms with Gasteiger partial charge < -0.3 is 18.8 Å². The van der Waals surface area contributed by atoms with Gasteiger partial charge in [-0.05, 0) is 12.1 Å². The normalized spacial score (nSPS) is 10.5. The number of amides is 1. The number of carbonyl (C=O) groups excluding carboxylic acids is 2. The number of ether oxygens (including phenoxy) is 2. The Balaban J connectivity index is 1.98. The van der Waals surface area contributed by atoms with Crippen LogP contribution < -0.4 is 0 Å². The fourth-order valence-corrected chi connectivity index (χ4v) is 2.81. The van der Waals surface area contributed by atoms with Crippen LogP contribution in [0.5, 0.6) is 0 Å². The van der Waals surface area contributed by atoms with Crippen LogP contribution in [0.3, 0.4) is 0 Å². The molecule has 0 aliphatic carbocycles. The topological polar surface area (TPSA) is 81.9 Å². The highest BCUT2D eigenvalue weighted by atomic mass is 32.2. The summed E-state index contributed by atoms with van der Waals surface area (Å²) >= 11 is 1.46. The number of oxazole rings is 1. The van der Waals surface area contributed by atoms with Crippen molar-refractivity contribution in [3.63, 3.8) is 0 Å². The van der Waals surface area contributed by atoms with Crippen LogP contribution in [0, 0.1) is 0 Å². The number of thioether (sulfide) groups is 1. The van der Waals surface area contributed by atoms with Gasteiger partial charge in [0.2, 0.25) is 11.8 Å². The molecule has 0 N–H and O–H groups in total. The third-order valence-electron chi connectivity index (χ3n) is 3.30. The molecule has 0 radical (unpaired) electrons. The minimum Gasteiger partial charge on any atom is -0.464 e. The average molecular weight is 364 g/mol. The Bertz CT molecular complexity index is 689. The molecule has 0 unspecified atom stereocenters. The third kappa shape index (κ3) is 5.91. The van der Waals surface area contributed by atoms with E-state index < -0.39 is 5.97 Å². The summed E-state index contributed by atoms with van der Waals surface area (Å²) in [7, 11) is 2.84. The zero-order valence-corrected chi connectivity index (χ0v) is 15.0. The second kappa shape index (κ2) is 9.85. The average Bonchev–Trinajstić information content (AvgIpc) is 3.12. The van der Waals surface area contributed by atoms with E-state index in [9.17, 15) is 9.59 Å². The summed E-state index contributed by atoms with van der Waals surface area (Å²) in [5.74, 6) is -0.0825. The number of hydrogen-bond acceptors (Lipinski definition) is 7. The number of nitrogens with zero attached hydrogens (tertiary/aromatic N) is 2. The fourth-order valence-electron chi connectivity index (χ4n) is 1.99. The maximum atomic E-state index is 12.5. The first-order valence-electron chi connectivity index (χ1n) is 7.61. The molecule has 1 amide bonds. The Labute approximate surface area is 150 Å². The predicted molar refractivity (Wildman–Crippen MR) is 92.3 cm³/mol. The van der Waals surface area contributed by atoms with Crippen LogP contribution >= 0.6 is 11.8 Å². The number of benzene rings is 1. The number of aromatic nitrogens is 1. The molecule has 134 valence electrons.